The number of halogens is 1. The van der Waals surface area contributed by atoms with Crippen molar-refractivity contribution in [1.29, 1.82) is 0 Å². The van der Waals surface area contributed by atoms with Crippen LogP contribution >= 0.6 is 11.6 Å². The van der Waals surface area contributed by atoms with Gasteiger partial charge < -0.3 is 4.55 Å². The Morgan fingerprint density at radius 1 is 1.39 bits per heavy atom. The second-order valence-electron chi connectivity index (χ2n) is 5.47. The molecule has 0 aromatic heterocycles. The van der Waals surface area contributed by atoms with Gasteiger partial charge in [0.05, 0.1) is 6.04 Å². The Bertz CT molecular complexity index is 403. The van der Waals surface area contributed by atoms with Crippen molar-refractivity contribution in [3.63, 3.8) is 0 Å². The lowest BCUT2D eigenvalue weighted by Crippen LogP contribution is -2.41. The van der Waals surface area contributed by atoms with E-state index in [1.54, 1.807) is 0 Å². The molecule has 0 aliphatic heterocycles. The highest BCUT2D eigenvalue weighted by atomic mass is 35.5. The molecule has 1 rings (SSSR count). The topological polar surface area (TPSA) is 35.1 Å². The summed E-state index contributed by atoms with van der Waals surface area (Å²) in [5, 5.41) is 0.759. The van der Waals surface area contributed by atoms with Crippen molar-refractivity contribution in [2.75, 3.05) is 0 Å². The number of nitrogens with one attached hydrogen (secondary N) is 1. The van der Waals surface area contributed by atoms with Gasteiger partial charge in [0.2, 0.25) is 0 Å². The van der Waals surface area contributed by atoms with Crippen LogP contribution in [0.15, 0.2) is 18.2 Å². The zero-order chi connectivity index (χ0) is 13.9. The molecule has 2 unspecified atom stereocenters. The van der Waals surface area contributed by atoms with Crippen molar-refractivity contribution in [1.82, 2.24) is 4.72 Å². The molecular formula is C14H22ClNOS. The first kappa shape index (κ1) is 15.8. The van der Waals surface area contributed by atoms with Crippen LogP contribution in [-0.4, -0.2) is 9.30 Å². The summed E-state index contributed by atoms with van der Waals surface area (Å²) in [6.07, 6.45) is 0.876. The molecule has 0 fully saturated rings. The minimum Gasteiger partial charge on any atom is -0.598 e. The van der Waals surface area contributed by atoms with Gasteiger partial charge in [-0.3, -0.25) is 0 Å². The van der Waals surface area contributed by atoms with Gasteiger partial charge in [0, 0.05) is 16.4 Å². The van der Waals surface area contributed by atoms with Crippen LogP contribution in [0, 0.1) is 6.92 Å². The average Bonchev–Trinajstić information content (AvgIpc) is 2.28. The maximum absolute atomic E-state index is 12.1. The molecule has 2 nitrogen and oxygen atoms in total. The lowest BCUT2D eigenvalue weighted by Gasteiger charge is -2.27. The predicted molar refractivity (Wildman–Crippen MR) is 80.3 cm³/mol. The lowest BCUT2D eigenvalue weighted by molar-refractivity contribution is 0.519. The maximum Gasteiger partial charge on any atom is 0.136 e. The molecule has 4 heteroatoms. The average molecular weight is 288 g/mol. The molecule has 2 atom stereocenters. The van der Waals surface area contributed by atoms with E-state index in [9.17, 15) is 4.55 Å². The maximum atomic E-state index is 12.1. The minimum absolute atomic E-state index is 0.0724. The first-order valence-electron chi connectivity index (χ1n) is 6.19. The Balaban J connectivity index is 2.86. The van der Waals surface area contributed by atoms with E-state index in [1.807, 2.05) is 45.9 Å². The molecule has 0 saturated heterocycles. The molecule has 0 amide bonds. The van der Waals surface area contributed by atoms with Crippen LogP contribution in [0.5, 0.6) is 0 Å². The van der Waals surface area contributed by atoms with Gasteiger partial charge in [0.1, 0.15) is 4.75 Å². The Morgan fingerprint density at radius 3 is 2.44 bits per heavy atom. The normalized spacial score (nSPS) is 15.5. The molecule has 102 valence electrons. The van der Waals surface area contributed by atoms with Gasteiger partial charge in [0.25, 0.3) is 0 Å². The summed E-state index contributed by atoms with van der Waals surface area (Å²) < 4.78 is 15.0. The highest BCUT2D eigenvalue weighted by Crippen LogP contribution is 2.25. The van der Waals surface area contributed by atoms with Crippen LogP contribution in [-0.2, 0) is 11.4 Å². The fourth-order valence-electron chi connectivity index (χ4n) is 1.52. The van der Waals surface area contributed by atoms with E-state index >= 15 is 0 Å². The van der Waals surface area contributed by atoms with Crippen LogP contribution in [0.2, 0.25) is 5.02 Å². The molecule has 0 bridgehead atoms. The highest BCUT2D eigenvalue weighted by Gasteiger charge is 2.29. The van der Waals surface area contributed by atoms with Crippen molar-refractivity contribution in [3.8, 4) is 0 Å². The van der Waals surface area contributed by atoms with Gasteiger partial charge in [-0.05, 0) is 51.3 Å². The molecule has 0 aliphatic carbocycles. The first-order chi connectivity index (χ1) is 8.25. The summed E-state index contributed by atoms with van der Waals surface area (Å²) >= 11 is 5.06. The zero-order valence-corrected chi connectivity index (χ0v) is 13.3. The second-order valence-corrected chi connectivity index (χ2v) is 7.87. The fraction of sp³-hybridized carbons (Fsp3) is 0.571. The van der Waals surface area contributed by atoms with Crippen molar-refractivity contribution in [2.24, 2.45) is 0 Å². The van der Waals surface area contributed by atoms with Gasteiger partial charge in [-0.2, -0.15) is 0 Å². The van der Waals surface area contributed by atoms with Crippen molar-refractivity contribution in [3.05, 3.63) is 34.3 Å². The van der Waals surface area contributed by atoms with Crippen LogP contribution in [0.25, 0.3) is 0 Å². The molecule has 0 aliphatic rings. The summed E-state index contributed by atoms with van der Waals surface area (Å²) in [5.74, 6) is 0. The number of hydrogen-bond acceptors (Lipinski definition) is 2. The Labute approximate surface area is 118 Å². The van der Waals surface area contributed by atoms with Crippen molar-refractivity contribution < 1.29 is 4.55 Å². The second kappa shape index (κ2) is 6.29. The molecule has 1 N–H and O–H groups in total. The lowest BCUT2D eigenvalue weighted by atomic mass is 10.0. The van der Waals surface area contributed by atoms with Crippen molar-refractivity contribution >= 4 is 23.0 Å². The summed E-state index contributed by atoms with van der Waals surface area (Å²) in [6, 6.07) is 6.07. The van der Waals surface area contributed by atoms with Gasteiger partial charge >= 0.3 is 0 Å². The van der Waals surface area contributed by atoms with E-state index in [1.165, 1.54) is 0 Å². The summed E-state index contributed by atoms with van der Waals surface area (Å²) in [5.41, 5.74) is 2.15. The molecule has 0 radical (unpaired) electrons. The zero-order valence-electron chi connectivity index (χ0n) is 11.7. The summed E-state index contributed by atoms with van der Waals surface area (Å²) in [7, 11) is 0. The summed E-state index contributed by atoms with van der Waals surface area (Å²) in [4.78, 5) is 0. The number of rotatable bonds is 4. The van der Waals surface area contributed by atoms with E-state index < -0.39 is 11.4 Å². The highest BCUT2D eigenvalue weighted by molar-refractivity contribution is 7.90. The Morgan fingerprint density at radius 2 is 2.00 bits per heavy atom. The fourth-order valence-corrected chi connectivity index (χ4v) is 2.62. The molecule has 0 heterocycles. The van der Waals surface area contributed by atoms with E-state index in [4.69, 9.17) is 11.6 Å². The SMILES string of the molecule is CCC(N[S+]([O-])C(C)(C)C)c1ccc(C)c(Cl)c1. The van der Waals surface area contributed by atoms with Gasteiger partial charge in [-0.1, -0.05) is 30.7 Å². The van der Waals surface area contributed by atoms with Gasteiger partial charge in [-0.15, -0.1) is 4.72 Å². The smallest absolute Gasteiger partial charge is 0.136 e. The predicted octanol–water partition coefficient (Wildman–Crippen LogP) is 4.15. The Hall–Kier alpha value is -0.220. The molecule has 1 aromatic carbocycles. The van der Waals surface area contributed by atoms with E-state index in [0.717, 1.165) is 22.6 Å². The van der Waals surface area contributed by atoms with Crippen LogP contribution in [0.1, 0.15) is 51.3 Å². The van der Waals surface area contributed by atoms with Crippen LogP contribution < -0.4 is 4.72 Å². The monoisotopic (exact) mass is 287 g/mol. The third-order valence-corrected chi connectivity index (χ3v) is 4.83. The van der Waals surface area contributed by atoms with E-state index in [-0.39, 0.29) is 10.8 Å². The van der Waals surface area contributed by atoms with E-state index in [2.05, 4.69) is 11.6 Å². The quantitative estimate of drug-likeness (QED) is 0.844. The molecule has 0 spiro atoms. The third kappa shape index (κ3) is 4.16. The standard InChI is InChI=1S/C14H22ClNOS/c1-6-13(16-18(17)14(3,4)5)11-8-7-10(2)12(15)9-11/h7-9,13,16H,6H2,1-5H3. The first-order valence-corrected chi connectivity index (χ1v) is 7.72. The van der Waals surface area contributed by atoms with Gasteiger partial charge in [0.15, 0.2) is 0 Å². The van der Waals surface area contributed by atoms with E-state index in [0.29, 0.717) is 0 Å². The number of aryl methyl sites for hydroxylation is 1. The van der Waals surface area contributed by atoms with Gasteiger partial charge in [-0.25, -0.2) is 0 Å². The van der Waals surface area contributed by atoms with Crippen molar-refractivity contribution in [2.45, 2.75) is 51.8 Å². The molecular weight excluding hydrogens is 266 g/mol. The third-order valence-electron chi connectivity index (χ3n) is 2.81. The Kier molecular flexibility index (Phi) is 5.53. The molecule has 1 aromatic rings. The van der Waals surface area contributed by atoms with Crippen LogP contribution in [0.3, 0.4) is 0 Å². The minimum atomic E-state index is -1.07. The molecule has 0 saturated carbocycles. The number of hydrogen-bond donors (Lipinski definition) is 1. The largest absolute Gasteiger partial charge is 0.598 e. The van der Waals surface area contributed by atoms with Crippen LogP contribution in [0.4, 0.5) is 0 Å². The summed E-state index contributed by atoms with van der Waals surface area (Å²) in [6.45, 7) is 9.94. The number of benzene rings is 1. The molecule has 18 heavy (non-hydrogen) atoms.